The molecule has 0 unspecified atom stereocenters. The van der Waals surface area contributed by atoms with Crippen molar-refractivity contribution in [3.05, 3.63) is 108 Å². The van der Waals surface area contributed by atoms with Gasteiger partial charge in [0.1, 0.15) is 0 Å². The molecule has 3 rings (SSSR count). The molecular formula is C27H29N3O3. The monoisotopic (exact) mass is 443 g/mol. The Kier molecular flexibility index (Phi) is 16.2. The standard InChI is InChI=1S/C24H26.3CHNO/c1-2-3-13-20-24(21-14-7-4-8-15-21,22-16-9-5-10-17-22)23-18-11-6-12-19-23;3*2-1-3/h4-12,14-19H,2-3,13,20H2,1H3;3*2H. The van der Waals surface area contributed by atoms with E-state index in [1.165, 1.54) is 36.0 Å². The highest BCUT2D eigenvalue weighted by Gasteiger charge is 2.35. The summed E-state index contributed by atoms with van der Waals surface area (Å²) in [6.45, 7) is 2.27. The Bertz CT molecular complexity index is 863. The van der Waals surface area contributed by atoms with Crippen LogP contribution in [-0.4, -0.2) is 18.2 Å². The Balaban J connectivity index is 0.000000988. The molecule has 0 heterocycles. The van der Waals surface area contributed by atoms with Gasteiger partial charge in [0.25, 0.3) is 0 Å². The molecule has 0 fully saturated rings. The molecule has 0 saturated heterocycles. The molecule has 6 nitrogen and oxygen atoms in total. The SMILES string of the molecule is CCCCCC(c1ccccc1)(c1ccccc1)c1ccccc1.N=C=O.N=C=O.N=C=O. The summed E-state index contributed by atoms with van der Waals surface area (Å²) < 4.78 is 0. The van der Waals surface area contributed by atoms with Crippen molar-refractivity contribution in [1.29, 1.82) is 16.2 Å². The lowest BCUT2D eigenvalue weighted by Crippen LogP contribution is -2.29. The van der Waals surface area contributed by atoms with Crippen molar-refractivity contribution in [2.75, 3.05) is 0 Å². The van der Waals surface area contributed by atoms with E-state index in [2.05, 4.69) is 97.9 Å². The van der Waals surface area contributed by atoms with Gasteiger partial charge in [-0.15, -0.1) is 0 Å². The van der Waals surface area contributed by atoms with Crippen LogP contribution in [0.1, 0.15) is 49.3 Å². The second kappa shape index (κ2) is 18.6. The molecule has 0 bridgehead atoms. The highest BCUT2D eigenvalue weighted by atomic mass is 16.1. The van der Waals surface area contributed by atoms with Gasteiger partial charge in [-0.1, -0.05) is 117 Å². The summed E-state index contributed by atoms with van der Waals surface area (Å²) in [5, 5.41) is 16.2. The summed E-state index contributed by atoms with van der Waals surface area (Å²) in [6, 6.07) is 33.0. The van der Waals surface area contributed by atoms with E-state index >= 15 is 0 Å². The number of unbranched alkanes of at least 4 members (excludes halogenated alkanes) is 2. The minimum absolute atomic E-state index is 0.0705. The van der Waals surface area contributed by atoms with Crippen molar-refractivity contribution in [1.82, 2.24) is 0 Å². The second-order valence-electron chi connectivity index (χ2n) is 6.77. The number of isocyanates is 3. The van der Waals surface area contributed by atoms with Crippen LogP contribution in [0.15, 0.2) is 91.0 Å². The Morgan fingerprint density at radius 2 is 0.848 bits per heavy atom. The minimum Gasteiger partial charge on any atom is -0.222 e. The smallest absolute Gasteiger partial charge is 0.222 e. The molecule has 0 radical (unpaired) electrons. The maximum atomic E-state index is 8.35. The predicted octanol–water partition coefficient (Wildman–Crippen LogP) is 6.30. The molecule has 0 aromatic heterocycles. The normalized spacial score (nSPS) is 9.00. The first-order valence-electron chi connectivity index (χ1n) is 10.4. The summed E-state index contributed by atoms with van der Waals surface area (Å²) in [4.78, 5) is 25.0. The summed E-state index contributed by atoms with van der Waals surface area (Å²) in [6.07, 6.45) is 7.14. The number of hydrogen-bond acceptors (Lipinski definition) is 6. The highest BCUT2D eigenvalue weighted by molar-refractivity contribution is 5.50. The molecule has 0 saturated carbocycles. The molecule has 3 N–H and O–H groups in total. The molecule has 3 aromatic rings. The first-order valence-corrected chi connectivity index (χ1v) is 10.4. The number of benzene rings is 3. The fourth-order valence-corrected chi connectivity index (χ4v) is 3.74. The molecule has 0 spiro atoms. The average Bonchev–Trinajstić information content (AvgIpc) is 2.85. The summed E-state index contributed by atoms with van der Waals surface area (Å²) >= 11 is 0. The fraction of sp³-hybridized carbons (Fsp3) is 0.222. The van der Waals surface area contributed by atoms with Crippen molar-refractivity contribution in [2.45, 2.75) is 38.0 Å². The second-order valence-corrected chi connectivity index (χ2v) is 6.77. The predicted molar refractivity (Wildman–Crippen MR) is 129 cm³/mol. The molecule has 0 atom stereocenters. The van der Waals surface area contributed by atoms with Crippen molar-refractivity contribution in [3.8, 4) is 0 Å². The third-order valence-electron chi connectivity index (χ3n) is 4.96. The van der Waals surface area contributed by atoms with E-state index in [1.807, 2.05) is 0 Å². The van der Waals surface area contributed by atoms with E-state index in [0.29, 0.717) is 0 Å². The summed E-state index contributed by atoms with van der Waals surface area (Å²) in [5.41, 5.74) is 4.09. The third-order valence-corrected chi connectivity index (χ3v) is 4.96. The lowest BCUT2D eigenvalue weighted by Gasteiger charge is -2.36. The minimum atomic E-state index is -0.0705. The van der Waals surface area contributed by atoms with Crippen LogP contribution >= 0.6 is 0 Å². The topological polar surface area (TPSA) is 123 Å². The van der Waals surface area contributed by atoms with Gasteiger partial charge in [0.05, 0.1) is 0 Å². The molecule has 0 aliphatic carbocycles. The van der Waals surface area contributed by atoms with E-state index in [0.717, 1.165) is 24.7 Å². The molecule has 0 amide bonds. The average molecular weight is 444 g/mol. The van der Waals surface area contributed by atoms with Gasteiger partial charge in [0.2, 0.25) is 18.2 Å². The summed E-state index contributed by atoms with van der Waals surface area (Å²) in [7, 11) is 0. The van der Waals surface area contributed by atoms with Gasteiger partial charge in [0.15, 0.2) is 0 Å². The molecule has 6 heteroatoms. The number of nitrogens with one attached hydrogen (secondary N) is 3. The van der Waals surface area contributed by atoms with Gasteiger partial charge in [0, 0.05) is 5.41 Å². The van der Waals surface area contributed by atoms with Crippen LogP contribution < -0.4 is 0 Å². The van der Waals surface area contributed by atoms with Crippen molar-refractivity contribution in [3.63, 3.8) is 0 Å². The van der Waals surface area contributed by atoms with Crippen LogP contribution in [0.4, 0.5) is 0 Å². The maximum absolute atomic E-state index is 8.35. The number of hydrogen-bond donors (Lipinski definition) is 3. The van der Waals surface area contributed by atoms with Gasteiger partial charge in [-0.3, -0.25) is 0 Å². The van der Waals surface area contributed by atoms with Crippen LogP contribution in [0.25, 0.3) is 0 Å². The van der Waals surface area contributed by atoms with Crippen LogP contribution in [0.2, 0.25) is 0 Å². The maximum Gasteiger partial charge on any atom is 0.231 e. The van der Waals surface area contributed by atoms with Gasteiger partial charge < -0.3 is 0 Å². The zero-order chi connectivity index (χ0) is 24.8. The van der Waals surface area contributed by atoms with Crippen molar-refractivity contribution < 1.29 is 14.4 Å². The molecule has 170 valence electrons. The lowest BCUT2D eigenvalue weighted by atomic mass is 9.66. The van der Waals surface area contributed by atoms with Gasteiger partial charge in [-0.2, -0.15) is 0 Å². The van der Waals surface area contributed by atoms with Gasteiger partial charge >= 0.3 is 0 Å². The fourth-order valence-electron chi connectivity index (χ4n) is 3.74. The zero-order valence-electron chi connectivity index (χ0n) is 18.7. The number of rotatable bonds is 7. The van der Waals surface area contributed by atoms with E-state index in [1.54, 1.807) is 0 Å². The first-order chi connectivity index (χ1) is 16.1. The zero-order valence-corrected chi connectivity index (χ0v) is 18.7. The van der Waals surface area contributed by atoms with Gasteiger partial charge in [-0.05, 0) is 23.1 Å². The van der Waals surface area contributed by atoms with Crippen molar-refractivity contribution >= 4 is 18.2 Å². The van der Waals surface area contributed by atoms with Crippen LogP contribution in [-0.2, 0) is 19.8 Å². The molecule has 33 heavy (non-hydrogen) atoms. The Morgan fingerprint density at radius 3 is 1.09 bits per heavy atom. The number of carbonyl (C=O) groups excluding carboxylic acids is 3. The van der Waals surface area contributed by atoms with Crippen LogP contribution in [0.5, 0.6) is 0 Å². The summed E-state index contributed by atoms with van der Waals surface area (Å²) in [5.74, 6) is 0. The first kappa shape index (κ1) is 28.8. The van der Waals surface area contributed by atoms with E-state index in [4.69, 9.17) is 30.6 Å². The molecule has 0 aliphatic rings. The van der Waals surface area contributed by atoms with Crippen molar-refractivity contribution in [2.24, 2.45) is 0 Å². The Hall–Kier alpha value is -4.20. The van der Waals surface area contributed by atoms with E-state index < -0.39 is 0 Å². The van der Waals surface area contributed by atoms with Gasteiger partial charge in [-0.25, -0.2) is 30.6 Å². The van der Waals surface area contributed by atoms with Crippen LogP contribution in [0, 0.1) is 16.2 Å². The molecule has 0 aliphatic heterocycles. The quantitative estimate of drug-likeness (QED) is 0.172. The molecule has 3 aromatic carbocycles. The largest absolute Gasteiger partial charge is 0.231 e. The third kappa shape index (κ3) is 9.65. The Morgan fingerprint density at radius 1 is 0.576 bits per heavy atom. The van der Waals surface area contributed by atoms with E-state index in [9.17, 15) is 0 Å². The van der Waals surface area contributed by atoms with Crippen LogP contribution in [0.3, 0.4) is 0 Å². The highest BCUT2D eigenvalue weighted by Crippen LogP contribution is 2.43. The lowest BCUT2D eigenvalue weighted by molar-refractivity contribution is 0.515. The molecular weight excluding hydrogens is 414 g/mol. The van der Waals surface area contributed by atoms with E-state index in [-0.39, 0.29) is 5.41 Å². The Labute approximate surface area is 194 Å².